The lowest BCUT2D eigenvalue weighted by atomic mass is 9.93. The number of likely N-dealkylation sites (tertiary alicyclic amines) is 1. The third-order valence-electron chi connectivity index (χ3n) is 3.88. The van der Waals surface area contributed by atoms with Gasteiger partial charge >= 0.3 is 0 Å². The van der Waals surface area contributed by atoms with E-state index in [1.165, 1.54) is 12.1 Å². The van der Waals surface area contributed by atoms with Crippen molar-refractivity contribution < 1.29 is 9.72 Å². The van der Waals surface area contributed by atoms with Crippen molar-refractivity contribution in [3.63, 3.8) is 0 Å². The summed E-state index contributed by atoms with van der Waals surface area (Å²) in [6, 6.07) is 6.03. The fourth-order valence-electron chi connectivity index (χ4n) is 2.58. The molecule has 1 saturated heterocycles. The zero-order chi connectivity index (χ0) is 14.7. The summed E-state index contributed by atoms with van der Waals surface area (Å²) in [6.07, 6.45) is 1.94. The van der Waals surface area contributed by atoms with Crippen molar-refractivity contribution in [2.45, 2.75) is 25.8 Å². The second kappa shape index (κ2) is 6.00. The number of hydrogen-bond donors (Lipinski definition) is 1. The molecule has 0 radical (unpaired) electrons. The number of nitro groups is 1. The van der Waals surface area contributed by atoms with E-state index in [1.54, 1.807) is 17.0 Å². The molecule has 6 heteroatoms. The zero-order valence-corrected chi connectivity index (χ0v) is 11.5. The van der Waals surface area contributed by atoms with Crippen LogP contribution in [0.5, 0.6) is 0 Å². The van der Waals surface area contributed by atoms with Crippen molar-refractivity contribution in [3.05, 3.63) is 39.9 Å². The van der Waals surface area contributed by atoms with Gasteiger partial charge in [-0.2, -0.15) is 0 Å². The first-order chi connectivity index (χ1) is 9.52. The Kier molecular flexibility index (Phi) is 4.34. The van der Waals surface area contributed by atoms with E-state index in [0.29, 0.717) is 24.6 Å². The van der Waals surface area contributed by atoms with Gasteiger partial charge in [0, 0.05) is 30.3 Å². The van der Waals surface area contributed by atoms with Crippen LogP contribution in [0.2, 0.25) is 0 Å². The number of nitrogens with zero attached hydrogens (tertiary/aromatic N) is 2. The Hall–Kier alpha value is -1.95. The van der Waals surface area contributed by atoms with Crippen molar-refractivity contribution in [1.82, 2.24) is 4.90 Å². The van der Waals surface area contributed by atoms with Crippen LogP contribution in [0.15, 0.2) is 24.3 Å². The number of amides is 1. The zero-order valence-electron chi connectivity index (χ0n) is 11.5. The number of nitrogens with two attached hydrogens (primary N) is 1. The molecule has 1 aromatic carbocycles. The molecule has 0 saturated carbocycles. The molecule has 0 bridgehead atoms. The van der Waals surface area contributed by atoms with E-state index < -0.39 is 4.92 Å². The summed E-state index contributed by atoms with van der Waals surface area (Å²) in [5.41, 5.74) is 5.99. The van der Waals surface area contributed by atoms with Gasteiger partial charge in [-0.05, 0) is 38.3 Å². The summed E-state index contributed by atoms with van der Waals surface area (Å²) in [4.78, 5) is 24.6. The maximum absolute atomic E-state index is 12.5. The van der Waals surface area contributed by atoms with Crippen molar-refractivity contribution in [2.24, 2.45) is 11.7 Å². The van der Waals surface area contributed by atoms with Crippen molar-refractivity contribution in [2.75, 3.05) is 13.1 Å². The molecule has 6 nitrogen and oxygen atoms in total. The molecular formula is C14H19N3O3. The van der Waals surface area contributed by atoms with E-state index in [9.17, 15) is 14.9 Å². The van der Waals surface area contributed by atoms with E-state index in [4.69, 9.17) is 5.73 Å². The molecule has 1 fully saturated rings. The lowest BCUT2D eigenvalue weighted by molar-refractivity contribution is -0.384. The van der Waals surface area contributed by atoms with Crippen LogP contribution in [0.25, 0.3) is 0 Å². The first-order valence-electron chi connectivity index (χ1n) is 6.78. The number of rotatable bonds is 3. The topological polar surface area (TPSA) is 89.5 Å². The maximum atomic E-state index is 12.5. The highest BCUT2D eigenvalue weighted by molar-refractivity contribution is 5.95. The average Bonchev–Trinajstić information content (AvgIpc) is 2.47. The van der Waals surface area contributed by atoms with E-state index in [2.05, 4.69) is 0 Å². The first kappa shape index (κ1) is 14.5. The number of hydrogen-bond acceptors (Lipinski definition) is 4. The highest BCUT2D eigenvalue weighted by Gasteiger charge is 2.29. The molecule has 2 N–H and O–H groups in total. The molecule has 0 spiro atoms. The Balaban J connectivity index is 2.21. The molecule has 2 unspecified atom stereocenters. The molecule has 108 valence electrons. The van der Waals surface area contributed by atoms with E-state index >= 15 is 0 Å². The first-order valence-corrected chi connectivity index (χ1v) is 6.78. The predicted octanol–water partition coefficient (Wildman–Crippen LogP) is 1.79. The van der Waals surface area contributed by atoms with E-state index in [-0.39, 0.29) is 17.6 Å². The molecule has 1 aliphatic rings. The number of carbonyl (C=O) groups is 1. The third-order valence-corrected chi connectivity index (χ3v) is 3.88. The summed E-state index contributed by atoms with van der Waals surface area (Å²) in [7, 11) is 0. The van der Waals surface area contributed by atoms with Crippen LogP contribution >= 0.6 is 0 Å². The highest BCUT2D eigenvalue weighted by Crippen LogP contribution is 2.24. The number of benzene rings is 1. The molecule has 1 amide bonds. The van der Waals surface area contributed by atoms with Crippen molar-refractivity contribution in [3.8, 4) is 0 Å². The van der Waals surface area contributed by atoms with Crippen LogP contribution < -0.4 is 5.73 Å². The average molecular weight is 277 g/mol. The molecular weight excluding hydrogens is 258 g/mol. The lowest BCUT2D eigenvalue weighted by Gasteiger charge is -2.37. The maximum Gasteiger partial charge on any atom is 0.270 e. The van der Waals surface area contributed by atoms with Crippen LogP contribution in [0, 0.1) is 16.0 Å². The fourth-order valence-corrected chi connectivity index (χ4v) is 2.58. The standard InChI is InChI=1S/C14H19N3O3/c1-10-5-6-11(8-15)9-16(10)14(18)12-3-2-4-13(7-12)17(19)20/h2-4,7,10-11H,5-6,8-9,15H2,1H3. The molecule has 2 atom stereocenters. The minimum atomic E-state index is -0.487. The fraction of sp³-hybridized carbons (Fsp3) is 0.500. The van der Waals surface area contributed by atoms with Gasteiger partial charge in [0.05, 0.1) is 4.92 Å². The summed E-state index contributed by atoms with van der Waals surface area (Å²) < 4.78 is 0. The van der Waals surface area contributed by atoms with Gasteiger partial charge in [0.2, 0.25) is 0 Å². The van der Waals surface area contributed by atoms with Gasteiger partial charge in [-0.3, -0.25) is 14.9 Å². The lowest BCUT2D eigenvalue weighted by Crippen LogP contribution is -2.47. The summed E-state index contributed by atoms with van der Waals surface area (Å²) in [5.74, 6) is 0.160. The molecule has 1 heterocycles. The van der Waals surface area contributed by atoms with Gasteiger partial charge in [0.25, 0.3) is 11.6 Å². The summed E-state index contributed by atoms with van der Waals surface area (Å²) >= 11 is 0. The minimum absolute atomic E-state index is 0.0594. The largest absolute Gasteiger partial charge is 0.336 e. The van der Waals surface area contributed by atoms with Gasteiger partial charge in [-0.25, -0.2) is 0 Å². The Morgan fingerprint density at radius 1 is 1.50 bits per heavy atom. The van der Waals surface area contributed by atoms with Crippen molar-refractivity contribution in [1.29, 1.82) is 0 Å². The molecule has 20 heavy (non-hydrogen) atoms. The molecule has 0 aliphatic carbocycles. The number of piperidine rings is 1. The van der Waals surface area contributed by atoms with Gasteiger partial charge in [-0.1, -0.05) is 6.07 Å². The summed E-state index contributed by atoms with van der Waals surface area (Å²) in [6.45, 7) is 3.19. The van der Waals surface area contributed by atoms with E-state index in [0.717, 1.165) is 12.8 Å². The van der Waals surface area contributed by atoms with Crippen LogP contribution in [0.3, 0.4) is 0 Å². The van der Waals surface area contributed by atoms with E-state index in [1.807, 2.05) is 6.92 Å². The molecule has 2 rings (SSSR count). The number of nitro benzene ring substituents is 1. The van der Waals surface area contributed by atoms with Gasteiger partial charge in [-0.15, -0.1) is 0 Å². The Morgan fingerprint density at radius 2 is 2.25 bits per heavy atom. The van der Waals surface area contributed by atoms with Gasteiger partial charge < -0.3 is 10.6 Å². The van der Waals surface area contributed by atoms with Gasteiger partial charge in [0.1, 0.15) is 0 Å². The predicted molar refractivity (Wildman–Crippen MR) is 75.4 cm³/mol. The SMILES string of the molecule is CC1CCC(CN)CN1C(=O)c1cccc([N+](=O)[O-])c1. The Bertz CT molecular complexity index is 518. The monoisotopic (exact) mass is 277 g/mol. The smallest absolute Gasteiger partial charge is 0.270 e. The third kappa shape index (κ3) is 2.96. The van der Waals surface area contributed by atoms with Gasteiger partial charge in [0.15, 0.2) is 0 Å². The Labute approximate surface area is 117 Å². The Morgan fingerprint density at radius 3 is 2.90 bits per heavy atom. The quantitative estimate of drug-likeness (QED) is 0.673. The van der Waals surface area contributed by atoms with Crippen molar-refractivity contribution >= 4 is 11.6 Å². The number of non-ortho nitro benzene ring substituents is 1. The van der Waals surface area contributed by atoms with Crippen LogP contribution in [0.4, 0.5) is 5.69 Å². The second-order valence-electron chi connectivity index (χ2n) is 5.29. The molecule has 1 aromatic rings. The second-order valence-corrected chi connectivity index (χ2v) is 5.29. The highest BCUT2D eigenvalue weighted by atomic mass is 16.6. The summed E-state index contributed by atoms with van der Waals surface area (Å²) in [5, 5.41) is 10.8. The van der Waals surface area contributed by atoms with Crippen LogP contribution in [0.1, 0.15) is 30.1 Å². The number of carbonyl (C=O) groups excluding carboxylic acids is 1. The molecule has 1 aliphatic heterocycles. The molecule has 0 aromatic heterocycles. The van der Waals surface area contributed by atoms with Crippen LogP contribution in [-0.2, 0) is 0 Å². The minimum Gasteiger partial charge on any atom is -0.336 e. The normalized spacial score (nSPS) is 22.6. The van der Waals surface area contributed by atoms with Crippen LogP contribution in [-0.4, -0.2) is 34.9 Å².